The number of hydrogen-bond donors (Lipinski definition) is 2. The van der Waals surface area contributed by atoms with Gasteiger partial charge >= 0.3 is 12.4 Å². The van der Waals surface area contributed by atoms with Crippen molar-refractivity contribution in [3.63, 3.8) is 0 Å². The maximum Gasteiger partial charge on any atom is 0.422 e. The fourth-order valence-electron chi connectivity index (χ4n) is 1.69. The van der Waals surface area contributed by atoms with Crippen molar-refractivity contribution >= 4 is 23.0 Å². The van der Waals surface area contributed by atoms with Crippen molar-refractivity contribution in [2.45, 2.75) is 32.1 Å². The molecule has 2 N–H and O–H groups in total. The zero-order chi connectivity index (χ0) is 19.8. The Kier molecular flexibility index (Phi) is 8.25. The van der Waals surface area contributed by atoms with Crippen molar-refractivity contribution in [3.8, 4) is 11.5 Å². The molecule has 1 rings (SSSR count). The highest BCUT2D eigenvalue weighted by molar-refractivity contribution is 7.80. The maximum atomic E-state index is 12.3. The summed E-state index contributed by atoms with van der Waals surface area (Å²) in [4.78, 5) is 0. The molecule has 0 aromatic heterocycles. The van der Waals surface area contributed by atoms with Crippen molar-refractivity contribution in [1.82, 2.24) is 5.32 Å². The molecular weight excluding hydrogens is 386 g/mol. The number of alkyl halides is 6. The first-order valence-electron chi connectivity index (χ1n) is 7.57. The van der Waals surface area contributed by atoms with E-state index >= 15 is 0 Å². The molecule has 0 unspecified atom stereocenters. The van der Waals surface area contributed by atoms with Crippen LogP contribution < -0.4 is 20.1 Å². The third-order valence-corrected chi connectivity index (χ3v) is 3.01. The van der Waals surface area contributed by atoms with Crippen LogP contribution in [0.25, 0.3) is 0 Å². The lowest BCUT2D eigenvalue weighted by Gasteiger charge is -2.16. The first-order valence-corrected chi connectivity index (χ1v) is 7.98. The van der Waals surface area contributed by atoms with E-state index in [1.54, 1.807) is 0 Å². The molecule has 0 amide bonds. The molecule has 4 nitrogen and oxygen atoms in total. The summed E-state index contributed by atoms with van der Waals surface area (Å²) in [5, 5.41) is 5.71. The van der Waals surface area contributed by atoms with Crippen LogP contribution in [0.15, 0.2) is 18.2 Å². The SMILES string of the molecule is CCCCNC(=S)Nc1cc(OCC(F)(F)F)cc(OCC(F)(F)F)c1. The molecule has 0 aliphatic rings. The van der Waals surface area contributed by atoms with E-state index in [1.165, 1.54) is 12.1 Å². The third kappa shape index (κ3) is 10.2. The Bertz CT molecular complexity index is 556. The fraction of sp³-hybridized carbons (Fsp3) is 0.533. The van der Waals surface area contributed by atoms with Crippen LogP contribution in [0.1, 0.15) is 19.8 Å². The van der Waals surface area contributed by atoms with E-state index in [0.717, 1.165) is 18.9 Å². The molecule has 1 aromatic rings. The predicted octanol–water partition coefficient (Wildman–Crippen LogP) is 4.66. The highest BCUT2D eigenvalue weighted by Crippen LogP contribution is 2.29. The topological polar surface area (TPSA) is 42.5 Å². The summed E-state index contributed by atoms with van der Waals surface area (Å²) < 4.78 is 82.8. The van der Waals surface area contributed by atoms with Crippen LogP contribution >= 0.6 is 12.2 Å². The number of nitrogens with one attached hydrogen (secondary N) is 2. The molecule has 0 atom stereocenters. The predicted molar refractivity (Wildman–Crippen MR) is 88.7 cm³/mol. The highest BCUT2D eigenvalue weighted by Gasteiger charge is 2.30. The van der Waals surface area contributed by atoms with Gasteiger partial charge in [-0.1, -0.05) is 13.3 Å². The van der Waals surface area contributed by atoms with Crippen molar-refractivity contribution in [3.05, 3.63) is 18.2 Å². The summed E-state index contributed by atoms with van der Waals surface area (Å²) in [6.45, 7) is -0.628. The van der Waals surface area contributed by atoms with Gasteiger partial charge in [0.15, 0.2) is 18.3 Å². The number of hydrogen-bond acceptors (Lipinski definition) is 3. The van der Waals surface area contributed by atoms with E-state index in [4.69, 9.17) is 12.2 Å². The van der Waals surface area contributed by atoms with Crippen LogP contribution in [0.2, 0.25) is 0 Å². The Hall–Kier alpha value is -1.91. The Labute approximate surface area is 151 Å². The van der Waals surface area contributed by atoms with Gasteiger partial charge in [0.05, 0.1) is 0 Å². The van der Waals surface area contributed by atoms with E-state index in [9.17, 15) is 26.3 Å². The molecule has 0 aliphatic carbocycles. The lowest BCUT2D eigenvalue weighted by molar-refractivity contribution is -0.153. The van der Waals surface area contributed by atoms with Crippen LogP contribution in [-0.4, -0.2) is 37.2 Å². The van der Waals surface area contributed by atoms with Gasteiger partial charge in [0.1, 0.15) is 11.5 Å². The van der Waals surface area contributed by atoms with E-state index in [-0.39, 0.29) is 22.3 Å². The summed E-state index contributed by atoms with van der Waals surface area (Å²) >= 11 is 5.02. The first kappa shape index (κ1) is 22.1. The summed E-state index contributed by atoms with van der Waals surface area (Å²) in [6.07, 6.45) is -7.41. The summed E-state index contributed by atoms with van der Waals surface area (Å²) in [5.41, 5.74) is 0.135. The smallest absolute Gasteiger partial charge is 0.422 e. The van der Waals surface area contributed by atoms with Gasteiger partial charge in [0, 0.05) is 30.4 Å². The molecule has 0 saturated carbocycles. The van der Waals surface area contributed by atoms with Crippen LogP contribution in [0.3, 0.4) is 0 Å². The summed E-state index contributed by atoms with van der Waals surface area (Å²) in [7, 11) is 0. The second-order valence-corrected chi connectivity index (χ2v) is 5.64. The van der Waals surface area contributed by atoms with Gasteiger partial charge in [-0.05, 0) is 18.6 Å². The van der Waals surface area contributed by atoms with Crippen LogP contribution in [0.4, 0.5) is 32.0 Å². The van der Waals surface area contributed by atoms with Crippen LogP contribution in [-0.2, 0) is 0 Å². The fourth-order valence-corrected chi connectivity index (χ4v) is 1.91. The number of halogens is 6. The molecular formula is C15H18F6N2O2S. The third-order valence-electron chi connectivity index (χ3n) is 2.76. The van der Waals surface area contributed by atoms with E-state index in [2.05, 4.69) is 20.1 Å². The average Bonchev–Trinajstić information content (AvgIpc) is 2.50. The Morgan fingerprint density at radius 3 is 1.88 bits per heavy atom. The standard InChI is InChI=1S/C15H18F6N2O2S/c1-2-3-4-22-13(26)23-10-5-11(24-8-14(16,17)18)7-12(6-10)25-9-15(19,20)21/h5-7H,2-4,8-9H2,1H3,(H2,22,23,26). The molecule has 1 aromatic carbocycles. The summed E-state index contributed by atoms with van der Waals surface area (Å²) in [5.74, 6) is -0.610. The van der Waals surface area contributed by atoms with E-state index < -0.39 is 25.6 Å². The van der Waals surface area contributed by atoms with Crippen molar-refractivity contribution in [2.75, 3.05) is 25.1 Å². The zero-order valence-corrected chi connectivity index (χ0v) is 14.6. The number of rotatable bonds is 8. The van der Waals surface area contributed by atoms with E-state index in [0.29, 0.717) is 6.54 Å². The molecule has 11 heteroatoms. The summed E-state index contributed by atoms with van der Waals surface area (Å²) in [6, 6.07) is 3.30. The van der Waals surface area contributed by atoms with Crippen LogP contribution in [0, 0.1) is 0 Å². The second-order valence-electron chi connectivity index (χ2n) is 5.24. The largest absolute Gasteiger partial charge is 0.484 e. The minimum atomic E-state index is -4.59. The molecule has 0 fully saturated rings. The normalized spacial score (nSPS) is 11.8. The Morgan fingerprint density at radius 2 is 1.46 bits per heavy atom. The number of ether oxygens (including phenoxy) is 2. The second kappa shape index (κ2) is 9.70. The molecule has 0 aliphatic heterocycles. The molecule has 0 heterocycles. The number of unbranched alkanes of at least 4 members (excludes halogenated alkanes) is 1. The lowest BCUT2D eigenvalue weighted by Crippen LogP contribution is -2.29. The van der Waals surface area contributed by atoms with Crippen molar-refractivity contribution < 1.29 is 35.8 Å². The van der Waals surface area contributed by atoms with Gasteiger partial charge in [0.25, 0.3) is 0 Å². The molecule has 0 radical (unpaired) electrons. The molecule has 148 valence electrons. The van der Waals surface area contributed by atoms with Gasteiger partial charge in [-0.2, -0.15) is 26.3 Å². The zero-order valence-electron chi connectivity index (χ0n) is 13.8. The number of benzene rings is 1. The number of anilines is 1. The minimum Gasteiger partial charge on any atom is -0.484 e. The Morgan fingerprint density at radius 1 is 0.962 bits per heavy atom. The van der Waals surface area contributed by atoms with Gasteiger partial charge in [-0.25, -0.2) is 0 Å². The average molecular weight is 404 g/mol. The Balaban J connectivity index is 2.86. The van der Waals surface area contributed by atoms with Gasteiger partial charge in [-0.3, -0.25) is 0 Å². The molecule has 0 spiro atoms. The van der Waals surface area contributed by atoms with Gasteiger partial charge in [-0.15, -0.1) is 0 Å². The van der Waals surface area contributed by atoms with Crippen molar-refractivity contribution in [2.24, 2.45) is 0 Å². The maximum absolute atomic E-state index is 12.3. The minimum absolute atomic E-state index is 0.135. The lowest BCUT2D eigenvalue weighted by atomic mass is 10.2. The van der Waals surface area contributed by atoms with Crippen molar-refractivity contribution in [1.29, 1.82) is 0 Å². The van der Waals surface area contributed by atoms with Gasteiger partial charge < -0.3 is 20.1 Å². The van der Waals surface area contributed by atoms with Crippen LogP contribution in [0.5, 0.6) is 11.5 Å². The first-order chi connectivity index (χ1) is 12.0. The monoisotopic (exact) mass is 404 g/mol. The quantitative estimate of drug-likeness (QED) is 0.375. The van der Waals surface area contributed by atoms with Gasteiger partial charge in [0.2, 0.25) is 0 Å². The molecule has 0 saturated heterocycles. The molecule has 26 heavy (non-hydrogen) atoms. The molecule has 0 bridgehead atoms. The number of thiocarbonyl (C=S) groups is 1. The highest BCUT2D eigenvalue weighted by atomic mass is 32.1. The van der Waals surface area contributed by atoms with E-state index in [1.807, 2.05) is 6.92 Å².